The van der Waals surface area contributed by atoms with Crippen molar-refractivity contribution < 1.29 is 4.74 Å². The van der Waals surface area contributed by atoms with Crippen LogP contribution in [0.25, 0.3) is 0 Å². The van der Waals surface area contributed by atoms with Crippen LogP contribution >= 0.6 is 12.4 Å². The number of nitrogens with two attached hydrogens (primary N) is 1. The minimum atomic E-state index is 0. The van der Waals surface area contributed by atoms with Crippen LogP contribution in [-0.4, -0.2) is 19.3 Å². The van der Waals surface area contributed by atoms with Crippen molar-refractivity contribution in [2.45, 2.75) is 12.5 Å². The molecular weight excluding hydrogens is 186 g/mol. The highest BCUT2D eigenvalue weighted by atomic mass is 35.5. The summed E-state index contributed by atoms with van der Waals surface area (Å²) in [4.78, 5) is 0. The lowest BCUT2D eigenvalue weighted by atomic mass is 9.99. The Labute approximate surface area is 84.5 Å². The second kappa shape index (κ2) is 4.61. The molecule has 0 saturated carbocycles. The van der Waals surface area contributed by atoms with Crippen molar-refractivity contribution in [3.63, 3.8) is 0 Å². The number of allylic oxidation sites excluding steroid dienone is 3. The van der Waals surface area contributed by atoms with Gasteiger partial charge in [0.25, 0.3) is 0 Å². The molecule has 0 spiro atoms. The van der Waals surface area contributed by atoms with Crippen LogP contribution in [0.2, 0.25) is 0 Å². The molecule has 72 valence electrons. The molecule has 0 aromatic heterocycles. The van der Waals surface area contributed by atoms with Gasteiger partial charge in [0.05, 0.1) is 12.7 Å². The molecule has 0 aromatic rings. The van der Waals surface area contributed by atoms with Crippen molar-refractivity contribution in [3.8, 4) is 0 Å². The summed E-state index contributed by atoms with van der Waals surface area (Å²) in [6.07, 6.45) is 9.57. The number of ether oxygens (including phenoxy) is 1. The molecule has 0 bridgehead atoms. The minimum Gasteiger partial charge on any atom is -0.369 e. The molecule has 1 aliphatic carbocycles. The van der Waals surface area contributed by atoms with Crippen LogP contribution in [0.15, 0.2) is 35.5 Å². The summed E-state index contributed by atoms with van der Waals surface area (Å²) in [5.41, 5.74) is 8.11. The van der Waals surface area contributed by atoms with Crippen LogP contribution < -0.4 is 5.73 Å². The normalized spacial score (nSPS) is 24.5. The quantitative estimate of drug-likeness (QED) is 0.733. The Morgan fingerprint density at radius 1 is 1.54 bits per heavy atom. The van der Waals surface area contributed by atoms with Crippen LogP contribution in [0, 0.1) is 0 Å². The second-order valence-electron chi connectivity index (χ2n) is 3.04. The summed E-state index contributed by atoms with van der Waals surface area (Å²) < 4.78 is 5.57. The summed E-state index contributed by atoms with van der Waals surface area (Å²) in [6.45, 7) is 1.41. The Kier molecular flexibility index (Phi) is 3.72. The molecule has 2 N–H and O–H groups in total. The van der Waals surface area contributed by atoms with Crippen LogP contribution in [-0.2, 0) is 4.74 Å². The topological polar surface area (TPSA) is 35.2 Å². The van der Waals surface area contributed by atoms with E-state index in [0.29, 0.717) is 6.54 Å². The van der Waals surface area contributed by atoms with Gasteiger partial charge >= 0.3 is 0 Å². The van der Waals surface area contributed by atoms with Crippen molar-refractivity contribution in [2.75, 3.05) is 13.2 Å². The number of halogens is 1. The maximum atomic E-state index is 5.57. The average Bonchev–Trinajstić information content (AvgIpc) is 2.53. The number of hydrogen-bond donors (Lipinski definition) is 1. The van der Waals surface area contributed by atoms with Gasteiger partial charge in [0, 0.05) is 0 Å². The van der Waals surface area contributed by atoms with E-state index < -0.39 is 0 Å². The van der Waals surface area contributed by atoms with E-state index in [1.165, 1.54) is 11.1 Å². The molecular formula is C10H14ClNO. The van der Waals surface area contributed by atoms with Gasteiger partial charge in [-0.3, -0.25) is 0 Å². The maximum Gasteiger partial charge on any atom is 0.0846 e. The van der Waals surface area contributed by atoms with E-state index in [2.05, 4.69) is 24.3 Å². The first-order valence-corrected chi connectivity index (χ1v) is 4.32. The Bertz CT molecular complexity index is 268. The van der Waals surface area contributed by atoms with Crippen LogP contribution in [0.5, 0.6) is 0 Å². The van der Waals surface area contributed by atoms with E-state index in [4.69, 9.17) is 10.5 Å². The standard InChI is InChI=1S/C10H13NO.ClH/c11-6-4-10-9-3-1-2-8(9)5-7-12-10;/h1-3,5,10H,4,6-7,11H2;1H. The van der Waals surface area contributed by atoms with Crippen molar-refractivity contribution in [2.24, 2.45) is 5.73 Å². The molecule has 1 atom stereocenters. The van der Waals surface area contributed by atoms with Crippen LogP contribution in [0.3, 0.4) is 0 Å². The van der Waals surface area contributed by atoms with E-state index in [1.807, 2.05) is 0 Å². The third-order valence-electron chi connectivity index (χ3n) is 2.26. The molecule has 2 aliphatic rings. The largest absolute Gasteiger partial charge is 0.369 e. The second-order valence-corrected chi connectivity index (χ2v) is 3.04. The number of fused-ring (bicyclic) bond motifs is 1. The Balaban J connectivity index is 0.000000845. The third-order valence-corrected chi connectivity index (χ3v) is 2.26. The predicted octanol–water partition coefficient (Wildman–Crippen LogP) is 1.58. The smallest absolute Gasteiger partial charge is 0.0846 e. The molecule has 2 rings (SSSR count). The SMILES string of the molecule is Cl.NCCC1OCC=C2C=CC=C21. The van der Waals surface area contributed by atoms with E-state index in [-0.39, 0.29) is 18.5 Å². The van der Waals surface area contributed by atoms with E-state index in [9.17, 15) is 0 Å². The van der Waals surface area contributed by atoms with Gasteiger partial charge in [-0.25, -0.2) is 0 Å². The lowest BCUT2D eigenvalue weighted by molar-refractivity contribution is 0.0911. The fourth-order valence-corrected chi connectivity index (χ4v) is 1.66. The molecule has 0 saturated heterocycles. The van der Waals surface area contributed by atoms with E-state index >= 15 is 0 Å². The highest BCUT2D eigenvalue weighted by Gasteiger charge is 2.21. The fraction of sp³-hybridized carbons (Fsp3) is 0.400. The van der Waals surface area contributed by atoms with Gasteiger partial charge in [0.1, 0.15) is 0 Å². The van der Waals surface area contributed by atoms with Crippen molar-refractivity contribution >= 4 is 12.4 Å². The van der Waals surface area contributed by atoms with Gasteiger partial charge in [0.15, 0.2) is 0 Å². The zero-order chi connectivity index (χ0) is 8.39. The molecule has 1 aliphatic heterocycles. The molecule has 0 radical (unpaired) electrons. The summed E-state index contributed by atoms with van der Waals surface area (Å²) >= 11 is 0. The van der Waals surface area contributed by atoms with Gasteiger partial charge in [-0.1, -0.05) is 24.3 Å². The maximum absolute atomic E-state index is 5.57. The van der Waals surface area contributed by atoms with Crippen molar-refractivity contribution in [1.82, 2.24) is 0 Å². The average molecular weight is 200 g/mol. The highest BCUT2D eigenvalue weighted by Crippen LogP contribution is 2.28. The lowest BCUT2D eigenvalue weighted by Crippen LogP contribution is -2.23. The first kappa shape index (κ1) is 10.5. The zero-order valence-corrected chi connectivity index (χ0v) is 8.22. The lowest BCUT2D eigenvalue weighted by Gasteiger charge is -2.23. The third kappa shape index (κ3) is 2.02. The van der Waals surface area contributed by atoms with Crippen molar-refractivity contribution in [1.29, 1.82) is 0 Å². The first-order valence-electron chi connectivity index (χ1n) is 4.32. The minimum absolute atomic E-state index is 0. The van der Waals surface area contributed by atoms with Gasteiger partial charge in [-0.15, -0.1) is 12.4 Å². The Morgan fingerprint density at radius 2 is 2.38 bits per heavy atom. The summed E-state index contributed by atoms with van der Waals surface area (Å²) in [5, 5.41) is 0. The van der Waals surface area contributed by atoms with Crippen LogP contribution in [0.4, 0.5) is 0 Å². The Hall–Kier alpha value is -0.570. The van der Waals surface area contributed by atoms with Gasteiger partial charge in [-0.2, -0.15) is 0 Å². The number of rotatable bonds is 2. The highest BCUT2D eigenvalue weighted by molar-refractivity contribution is 5.85. The van der Waals surface area contributed by atoms with E-state index in [1.54, 1.807) is 0 Å². The fourth-order valence-electron chi connectivity index (χ4n) is 1.66. The van der Waals surface area contributed by atoms with Crippen LogP contribution in [0.1, 0.15) is 6.42 Å². The van der Waals surface area contributed by atoms with E-state index in [0.717, 1.165) is 13.0 Å². The number of hydrogen-bond acceptors (Lipinski definition) is 2. The van der Waals surface area contributed by atoms with Crippen molar-refractivity contribution in [3.05, 3.63) is 35.5 Å². The van der Waals surface area contributed by atoms with Gasteiger partial charge in [0.2, 0.25) is 0 Å². The molecule has 13 heavy (non-hydrogen) atoms. The molecule has 0 amide bonds. The molecule has 0 fully saturated rings. The first-order chi connectivity index (χ1) is 5.92. The summed E-state index contributed by atoms with van der Waals surface area (Å²) in [5.74, 6) is 0. The molecule has 0 aromatic carbocycles. The predicted molar refractivity (Wildman–Crippen MR) is 56.0 cm³/mol. The Morgan fingerprint density at radius 3 is 3.15 bits per heavy atom. The van der Waals surface area contributed by atoms with Gasteiger partial charge < -0.3 is 10.5 Å². The zero-order valence-electron chi connectivity index (χ0n) is 7.40. The summed E-state index contributed by atoms with van der Waals surface area (Å²) in [7, 11) is 0. The molecule has 1 heterocycles. The summed E-state index contributed by atoms with van der Waals surface area (Å²) in [6, 6.07) is 0. The molecule has 3 heteroatoms. The molecule has 2 nitrogen and oxygen atoms in total. The van der Waals surface area contributed by atoms with Gasteiger partial charge in [-0.05, 0) is 24.1 Å². The molecule has 1 unspecified atom stereocenters. The monoisotopic (exact) mass is 199 g/mol.